The van der Waals surface area contributed by atoms with Gasteiger partial charge in [-0.15, -0.1) is 0 Å². The molecule has 4 heteroatoms. The Morgan fingerprint density at radius 3 is 3.07 bits per heavy atom. The third-order valence-electron chi connectivity index (χ3n) is 1.71. The molecule has 0 saturated heterocycles. The molecule has 0 fully saturated rings. The molecule has 0 aliphatic carbocycles. The largest absolute Gasteiger partial charge is 0.466 e. The molecule has 0 amide bonds. The second-order valence-corrected chi connectivity index (χ2v) is 2.74. The molecule has 1 aromatic rings. The third-order valence-corrected chi connectivity index (χ3v) is 1.71. The lowest BCUT2D eigenvalue weighted by atomic mass is 10.2. The van der Waals surface area contributed by atoms with Crippen molar-refractivity contribution in [2.24, 2.45) is 0 Å². The van der Waals surface area contributed by atoms with E-state index in [0.29, 0.717) is 12.3 Å². The fourth-order valence-corrected chi connectivity index (χ4v) is 1.06. The van der Waals surface area contributed by atoms with Crippen molar-refractivity contribution in [2.45, 2.75) is 19.8 Å². The van der Waals surface area contributed by atoms with Gasteiger partial charge in [0, 0.05) is 12.6 Å². The summed E-state index contributed by atoms with van der Waals surface area (Å²) in [5.41, 5.74) is 0.306. The fraction of sp³-hybridized carbons (Fsp3) is 0.400. The Bertz CT molecular complexity index is 315. The van der Waals surface area contributed by atoms with Gasteiger partial charge in [-0.3, -0.25) is 9.78 Å². The van der Waals surface area contributed by atoms with E-state index < -0.39 is 0 Å². The minimum Gasteiger partial charge on any atom is -0.466 e. The highest BCUT2D eigenvalue weighted by atomic mass is 19.1. The van der Waals surface area contributed by atoms with Gasteiger partial charge in [0.05, 0.1) is 18.7 Å². The number of ether oxygens (including phenoxy) is 1. The number of pyridine rings is 1. The van der Waals surface area contributed by atoms with E-state index in [4.69, 9.17) is 4.74 Å². The summed E-state index contributed by atoms with van der Waals surface area (Å²) in [6.07, 6.45) is 1.96. The highest BCUT2D eigenvalue weighted by Crippen LogP contribution is 2.05. The van der Waals surface area contributed by atoms with Gasteiger partial charge in [0.15, 0.2) is 0 Å². The second kappa shape index (κ2) is 5.32. The fourth-order valence-electron chi connectivity index (χ4n) is 1.06. The number of hydrogen-bond acceptors (Lipinski definition) is 3. The quantitative estimate of drug-likeness (QED) is 0.690. The van der Waals surface area contributed by atoms with Crippen LogP contribution in [0.25, 0.3) is 0 Å². The molecular weight excluding hydrogens is 185 g/mol. The zero-order valence-electron chi connectivity index (χ0n) is 8.00. The number of aryl methyl sites for hydroxylation is 1. The van der Waals surface area contributed by atoms with Crippen molar-refractivity contribution in [1.29, 1.82) is 0 Å². The van der Waals surface area contributed by atoms with Crippen molar-refractivity contribution in [3.05, 3.63) is 29.8 Å². The number of esters is 1. The summed E-state index contributed by atoms with van der Waals surface area (Å²) in [5.74, 6) is -0.700. The normalized spacial score (nSPS) is 9.86. The predicted octanol–water partition coefficient (Wildman–Crippen LogP) is 1.72. The van der Waals surface area contributed by atoms with Gasteiger partial charge in [-0.1, -0.05) is 0 Å². The van der Waals surface area contributed by atoms with Gasteiger partial charge in [-0.05, 0) is 19.1 Å². The molecule has 0 N–H and O–H groups in total. The number of nitrogens with zero attached hydrogens (tertiary/aromatic N) is 1. The van der Waals surface area contributed by atoms with E-state index in [-0.39, 0.29) is 24.6 Å². The molecular formula is C10H12FNO2. The first-order valence-electron chi connectivity index (χ1n) is 4.49. The van der Waals surface area contributed by atoms with Gasteiger partial charge in [-0.2, -0.15) is 0 Å². The maximum atomic E-state index is 13.0. The number of aromatic nitrogens is 1. The lowest BCUT2D eigenvalue weighted by molar-refractivity contribution is -0.143. The number of rotatable bonds is 4. The molecule has 0 spiro atoms. The maximum absolute atomic E-state index is 13.0. The van der Waals surface area contributed by atoms with E-state index in [0.717, 1.165) is 0 Å². The van der Waals surface area contributed by atoms with Crippen LogP contribution in [0.15, 0.2) is 18.3 Å². The van der Waals surface area contributed by atoms with E-state index in [1.54, 1.807) is 6.92 Å². The summed E-state index contributed by atoms with van der Waals surface area (Å²) >= 11 is 0. The van der Waals surface area contributed by atoms with Crippen LogP contribution < -0.4 is 0 Å². The summed E-state index contributed by atoms with van der Waals surface area (Å²) in [4.78, 5) is 14.8. The summed E-state index contributed by atoms with van der Waals surface area (Å²) < 4.78 is 17.7. The summed E-state index contributed by atoms with van der Waals surface area (Å²) in [7, 11) is 0. The van der Waals surface area contributed by atoms with Gasteiger partial charge in [0.25, 0.3) is 0 Å². The predicted molar refractivity (Wildman–Crippen MR) is 49.1 cm³/mol. The van der Waals surface area contributed by atoms with E-state index in [1.807, 2.05) is 0 Å². The van der Waals surface area contributed by atoms with Crippen molar-refractivity contribution >= 4 is 5.97 Å². The molecule has 0 atom stereocenters. The average Bonchev–Trinajstić information content (AvgIpc) is 2.17. The van der Waals surface area contributed by atoms with E-state index in [1.165, 1.54) is 18.3 Å². The van der Waals surface area contributed by atoms with Crippen LogP contribution >= 0.6 is 0 Å². The van der Waals surface area contributed by atoms with Crippen LogP contribution in [0.2, 0.25) is 0 Å². The van der Waals surface area contributed by atoms with E-state index in [2.05, 4.69) is 4.98 Å². The number of carbonyl (C=O) groups is 1. The van der Waals surface area contributed by atoms with Crippen molar-refractivity contribution in [3.8, 4) is 0 Å². The van der Waals surface area contributed by atoms with Gasteiger partial charge in [0.1, 0.15) is 5.82 Å². The lowest BCUT2D eigenvalue weighted by Crippen LogP contribution is -2.06. The molecule has 0 aliphatic rings. The lowest BCUT2D eigenvalue weighted by Gasteiger charge is -2.01. The van der Waals surface area contributed by atoms with Gasteiger partial charge >= 0.3 is 5.97 Å². The summed E-state index contributed by atoms with van der Waals surface area (Å²) in [5, 5.41) is 0. The molecule has 76 valence electrons. The molecule has 0 aromatic carbocycles. The van der Waals surface area contributed by atoms with Crippen LogP contribution in [0.4, 0.5) is 4.39 Å². The third kappa shape index (κ3) is 3.12. The molecule has 0 saturated carbocycles. The van der Waals surface area contributed by atoms with Crippen LogP contribution in [0.3, 0.4) is 0 Å². The van der Waals surface area contributed by atoms with Crippen LogP contribution in [-0.4, -0.2) is 17.6 Å². The van der Waals surface area contributed by atoms with Crippen LogP contribution in [-0.2, 0) is 16.0 Å². The highest BCUT2D eigenvalue weighted by Gasteiger charge is 2.06. The average molecular weight is 197 g/mol. The first kappa shape index (κ1) is 10.6. The van der Waals surface area contributed by atoms with Gasteiger partial charge in [0.2, 0.25) is 0 Å². The molecule has 1 rings (SSSR count). The number of halogens is 1. The highest BCUT2D eigenvalue weighted by molar-refractivity contribution is 5.69. The maximum Gasteiger partial charge on any atom is 0.306 e. The molecule has 1 heterocycles. The zero-order chi connectivity index (χ0) is 10.4. The zero-order valence-corrected chi connectivity index (χ0v) is 8.00. The summed E-state index contributed by atoms with van der Waals surface area (Å²) in [6.45, 7) is 2.09. The molecule has 0 bridgehead atoms. The van der Waals surface area contributed by atoms with Crippen LogP contribution in [0, 0.1) is 5.82 Å². The SMILES string of the molecule is CCOC(=O)CCc1ncccc1F. The first-order chi connectivity index (χ1) is 6.74. The Hall–Kier alpha value is -1.45. The minimum atomic E-state index is -0.378. The van der Waals surface area contributed by atoms with Crippen LogP contribution in [0.5, 0.6) is 0 Å². The van der Waals surface area contributed by atoms with Gasteiger partial charge < -0.3 is 4.74 Å². The van der Waals surface area contributed by atoms with Gasteiger partial charge in [-0.25, -0.2) is 4.39 Å². The minimum absolute atomic E-state index is 0.168. The molecule has 3 nitrogen and oxygen atoms in total. The Kier molecular flexibility index (Phi) is 4.04. The molecule has 0 aliphatic heterocycles. The van der Waals surface area contributed by atoms with E-state index in [9.17, 15) is 9.18 Å². The van der Waals surface area contributed by atoms with Crippen molar-refractivity contribution in [3.63, 3.8) is 0 Å². The topological polar surface area (TPSA) is 39.2 Å². The Balaban J connectivity index is 2.46. The monoisotopic (exact) mass is 197 g/mol. The molecule has 14 heavy (non-hydrogen) atoms. The molecule has 0 radical (unpaired) electrons. The number of carbonyl (C=O) groups excluding carboxylic acids is 1. The van der Waals surface area contributed by atoms with Crippen molar-refractivity contribution in [1.82, 2.24) is 4.98 Å². The van der Waals surface area contributed by atoms with Crippen LogP contribution in [0.1, 0.15) is 19.0 Å². The molecule has 0 unspecified atom stereocenters. The second-order valence-electron chi connectivity index (χ2n) is 2.74. The van der Waals surface area contributed by atoms with Crippen molar-refractivity contribution in [2.75, 3.05) is 6.61 Å². The molecule has 1 aromatic heterocycles. The summed E-state index contributed by atoms with van der Waals surface area (Å²) in [6, 6.07) is 2.84. The Morgan fingerprint density at radius 2 is 2.43 bits per heavy atom. The van der Waals surface area contributed by atoms with Crippen molar-refractivity contribution < 1.29 is 13.9 Å². The smallest absolute Gasteiger partial charge is 0.306 e. The standard InChI is InChI=1S/C10H12FNO2/c1-2-14-10(13)6-5-9-8(11)4-3-7-12-9/h3-4,7H,2,5-6H2,1H3. The number of hydrogen-bond donors (Lipinski definition) is 0. The first-order valence-corrected chi connectivity index (χ1v) is 4.49. The Labute approximate surface area is 81.9 Å². The van der Waals surface area contributed by atoms with E-state index >= 15 is 0 Å². The Morgan fingerprint density at radius 1 is 1.64 bits per heavy atom.